The Hall–Kier alpha value is 0.350. The van der Waals surface area contributed by atoms with E-state index in [-0.39, 0.29) is 0 Å². The standard InChI is InChI=1S/C8H16S/c1-8(2,3)7-4-5-9-6-7/h7H,4-6H2,1-3H3. The summed E-state index contributed by atoms with van der Waals surface area (Å²) in [6.07, 6.45) is 1.44. The van der Waals surface area contributed by atoms with Gasteiger partial charge in [-0.3, -0.25) is 0 Å². The molecule has 1 fully saturated rings. The van der Waals surface area contributed by atoms with E-state index in [0.29, 0.717) is 5.41 Å². The molecule has 0 N–H and O–H groups in total. The molecule has 54 valence electrons. The summed E-state index contributed by atoms with van der Waals surface area (Å²) in [7, 11) is 0. The Labute approximate surface area is 62.4 Å². The largest absolute Gasteiger partial charge is 0.162 e. The zero-order valence-corrected chi connectivity index (χ0v) is 7.42. The van der Waals surface area contributed by atoms with Crippen LogP contribution in [0.2, 0.25) is 0 Å². The lowest BCUT2D eigenvalue weighted by molar-refractivity contribution is 0.268. The summed E-state index contributed by atoms with van der Waals surface area (Å²) in [6.45, 7) is 7.05. The van der Waals surface area contributed by atoms with Gasteiger partial charge in [-0.05, 0) is 29.3 Å². The Balaban J connectivity index is 2.42. The molecule has 1 unspecified atom stereocenters. The van der Waals surface area contributed by atoms with Gasteiger partial charge in [-0.2, -0.15) is 11.8 Å². The molecule has 0 aromatic rings. The Bertz CT molecular complexity index is 85.2. The van der Waals surface area contributed by atoms with Crippen molar-refractivity contribution in [1.82, 2.24) is 0 Å². The van der Waals surface area contributed by atoms with Crippen LogP contribution < -0.4 is 0 Å². The van der Waals surface area contributed by atoms with Gasteiger partial charge in [0.05, 0.1) is 0 Å². The van der Waals surface area contributed by atoms with Crippen LogP contribution in [0.25, 0.3) is 0 Å². The Morgan fingerprint density at radius 2 is 2.00 bits per heavy atom. The molecule has 1 saturated heterocycles. The summed E-state index contributed by atoms with van der Waals surface area (Å²) in [5.41, 5.74) is 0.559. The normalized spacial score (nSPS) is 29.0. The fourth-order valence-corrected chi connectivity index (χ4v) is 2.79. The molecule has 0 aromatic carbocycles. The zero-order valence-electron chi connectivity index (χ0n) is 6.61. The van der Waals surface area contributed by atoms with Crippen LogP contribution in [-0.4, -0.2) is 11.5 Å². The summed E-state index contributed by atoms with van der Waals surface area (Å²) >= 11 is 2.11. The number of thioether (sulfide) groups is 1. The molecule has 1 rings (SSSR count). The van der Waals surface area contributed by atoms with Crippen LogP contribution in [0.15, 0.2) is 0 Å². The van der Waals surface area contributed by atoms with E-state index in [2.05, 4.69) is 32.5 Å². The second kappa shape index (κ2) is 2.53. The van der Waals surface area contributed by atoms with Gasteiger partial charge in [0.1, 0.15) is 0 Å². The van der Waals surface area contributed by atoms with Crippen LogP contribution in [0.5, 0.6) is 0 Å². The smallest absolute Gasteiger partial charge is 0.00338 e. The third-order valence-electron chi connectivity index (χ3n) is 2.15. The first-order valence-corrected chi connectivity index (χ1v) is 4.84. The summed E-state index contributed by atoms with van der Waals surface area (Å²) in [5, 5.41) is 0. The van der Waals surface area contributed by atoms with Crippen LogP contribution >= 0.6 is 11.8 Å². The van der Waals surface area contributed by atoms with Gasteiger partial charge in [0.15, 0.2) is 0 Å². The predicted molar refractivity (Wildman–Crippen MR) is 44.9 cm³/mol. The first-order chi connectivity index (χ1) is 4.11. The molecule has 0 amide bonds. The van der Waals surface area contributed by atoms with Crippen LogP contribution in [-0.2, 0) is 0 Å². The van der Waals surface area contributed by atoms with Gasteiger partial charge in [-0.15, -0.1) is 0 Å². The van der Waals surface area contributed by atoms with Gasteiger partial charge in [0.25, 0.3) is 0 Å². The van der Waals surface area contributed by atoms with E-state index in [1.165, 1.54) is 17.9 Å². The van der Waals surface area contributed by atoms with Crippen molar-refractivity contribution < 1.29 is 0 Å². The van der Waals surface area contributed by atoms with E-state index >= 15 is 0 Å². The van der Waals surface area contributed by atoms with Crippen molar-refractivity contribution in [3.05, 3.63) is 0 Å². The molecular weight excluding hydrogens is 128 g/mol. The molecule has 0 aliphatic carbocycles. The quantitative estimate of drug-likeness (QED) is 0.504. The Kier molecular flexibility index (Phi) is 2.10. The lowest BCUT2D eigenvalue weighted by Crippen LogP contribution is -2.19. The van der Waals surface area contributed by atoms with E-state index in [4.69, 9.17) is 0 Å². The van der Waals surface area contributed by atoms with Crippen molar-refractivity contribution >= 4 is 11.8 Å². The predicted octanol–water partition coefficient (Wildman–Crippen LogP) is 2.79. The summed E-state index contributed by atoms with van der Waals surface area (Å²) in [6, 6.07) is 0. The second-order valence-electron chi connectivity index (χ2n) is 3.93. The highest BCUT2D eigenvalue weighted by atomic mass is 32.2. The van der Waals surface area contributed by atoms with Crippen molar-refractivity contribution in [2.24, 2.45) is 11.3 Å². The fraction of sp³-hybridized carbons (Fsp3) is 1.00. The van der Waals surface area contributed by atoms with Crippen molar-refractivity contribution in [2.75, 3.05) is 11.5 Å². The molecule has 9 heavy (non-hydrogen) atoms. The molecule has 0 aromatic heterocycles. The fourth-order valence-electron chi connectivity index (χ4n) is 1.22. The zero-order chi connectivity index (χ0) is 6.91. The van der Waals surface area contributed by atoms with Gasteiger partial charge in [-0.1, -0.05) is 20.8 Å². The van der Waals surface area contributed by atoms with Crippen LogP contribution in [0.4, 0.5) is 0 Å². The molecule has 0 spiro atoms. The van der Waals surface area contributed by atoms with Crippen LogP contribution in [0.1, 0.15) is 27.2 Å². The molecule has 1 atom stereocenters. The molecule has 1 heteroatoms. The second-order valence-corrected chi connectivity index (χ2v) is 5.08. The van der Waals surface area contributed by atoms with Crippen LogP contribution in [0.3, 0.4) is 0 Å². The maximum atomic E-state index is 2.35. The third-order valence-corrected chi connectivity index (χ3v) is 3.32. The highest BCUT2D eigenvalue weighted by Crippen LogP contribution is 2.37. The molecule has 1 heterocycles. The number of hydrogen-bond acceptors (Lipinski definition) is 1. The minimum Gasteiger partial charge on any atom is -0.162 e. The lowest BCUT2D eigenvalue weighted by Gasteiger charge is -2.25. The monoisotopic (exact) mass is 144 g/mol. The molecule has 0 bridgehead atoms. The van der Waals surface area contributed by atoms with E-state index in [1.807, 2.05) is 0 Å². The maximum absolute atomic E-state index is 2.35. The van der Waals surface area contributed by atoms with Gasteiger partial charge in [0, 0.05) is 0 Å². The molecule has 0 radical (unpaired) electrons. The summed E-state index contributed by atoms with van der Waals surface area (Å²) in [5.74, 6) is 3.76. The van der Waals surface area contributed by atoms with E-state index < -0.39 is 0 Å². The molecule has 0 nitrogen and oxygen atoms in total. The SMILES string of the molecule is CC(C)(C)C1CCSC1. The first-order valence-electron chi connectivity index (χ1n) is 3.68. The summed E-state index contributed by atoms with van der Waals surface area (Å²) < 4.78 is 0. The number of rotatable bonds is 0. The first kappa shape index (κ1) is 7.46. The molecular formula is C8H16S. The van der Waals surface area contributed by atoms with Crippen molar-refractivity contribution in [3.8, 4) is 0 Å². The van der Waals surface area contributed by atoms with Crippen molar-refractivity contribution in [3.63, 3.8) is 0 Å². The van der Waals surface area contributed by atoms with Gasteiger partial charge < -0.3 is 0 Å². The Morgan fingerprint density at radius 3 is 2.22 bits per heavy atom. The topological polar surface area (TPSA) is 0 Å². The molecule has 0 saturated carbocycles. The molecule has 1 aliphatic heterocycles. The number of hydrogen-bond donors (Lipinski definition) is 0. The van der Waals surface area contributed by atoms with E-state index in [9.17, 15) is 0 Å². The lowest BCUT2D eigenvalue weighted by atomic mass is 9.81. The Morgan fingerprint density at radius 1 is 1.33 bits per heavy atom. The summed E-state index contributed by atoms with van der Waals surface area (Å²) in [4.78, 5) is 0. The van der Waals surface area contributed by atoms with Crippen molar-refractivity contribution in [1.29, 1.82) is 0 Å². The van der Waals surface area contributed by atoms with E-state index in [1.54, 1.807) is 0 Å². The average molecular weight is 144 g/mol. The highest BCUT2D eigenvalue weighted by Gasteiger charge is 2.27. The minimum absolute atomic E-state index is 0.559. The van der Waals surface area contributed by atoms with Gasteiger partial charge >= 0.3 is 0 Å². The molecule has 1 aliphatic rings. The average Bonchev–Trinajstić information content (AvgIpc) is 2.08. The third kappa shape index (κ3) is 1.89. The van der Waals surface area contributed by atoms with E-state index in [0.717, 1.165) is 5.92 Å². The van der Waals surface area contributed by atoms with Gasteiger partial charge in [0.2, 0.25) is 0 Å². The van der Waals surface area contributed by atoms with Crippen molar-refractivity contribution in [2.45, 2.75) is 27.2 Å². The minimum atomic E-state index is 0.559. The van der Waals surface area contributed by atoms with Crippen LogP contribution in [0, 0.1) is 11.3 Å². The highest BCUT2D eigenvalue weighted by molar-refractivity contribution is 7.99. The van der Waals surface area contributed by atoms with Gasteiger partial charge in [-0.25, -0.2) is 0 Å². The maximum Gasteiger partial charge on any atom is -0.00338 e.